The number of benzene rings is 1. The fourth-order valence-electron chi connectivity index (χ4n) is 4.78. The number of amides is 3. The van der Waals surface area contributed by atoms with Crippen molar-refractivity contribution in [2.75, 3.05) is 6.54 Å². The average molecular weight is 382 g/mol. The van der Waals surface area contributed by atoms with E-state index in [0.29, 0.717) is 5.56 Å². The summed E-state index contributed by atoms with van der Waals surface area (Å²) >= 11 is 0. The average Bonchev–Trinajstić information content (AvgIpc) is 3.34. The highest BCUT2D eigenvalue weighted by Gasteiger charge is 2.59. The van der Waals surface area contributed by atoms with Gasteiger partial charge in [-0.1, -0.05) is 42.5 Å². The Labute approximate surface area is 162 Å². The number of carbonyl (C=O) groups is 4. The Hall–Kier alpha value is -2.96. The van der Waals surface area contributed by atoms with Crippen LogP contribution in [0.5, 0.6) is 0 Å². The highest BCUT2D eigenvalue weighted by atomic mass is 16.4. The van der Waals surface area contributed by atoms with E-state index in [2.05, 4.69) is 5.32 Å². The number of carboxylic acid groups (broad SMARTS) is 1. The molecule has 28 heavy (non-hydrogen) atoms. The van der Waals surface area contributed by atoms with Crippen LogP contribution in [0.15, 0.2) is 42.5 Å². The Morgan fingerprint density at radius 2 is 1.68 bits per heavy atom. The van der Waals surface area contributed by atoms with E-state index >= 15 is 0 Å². The van der Waals surface area contributed by atoms with Crippen molar-refractivity contribution in [3.05, 3.63) is 48.0 Å². The number of carboxylic acids is 1. The van der Waals surface area contributed by atoms with Crippen LogP contribution in [0.2, 0.25) is 0 Å². The molecule has 1 aromatic carbocycles. The number of fused-ring (bicyclic) bond motifs is 5. The quantitative estimate of drug-likeness (QED) is 0.550. The normalized spacial score (nSPS) is 28.5. The molecular weight excluding hydrogens is 360 g/mol. The van der Waals surface area contributed by atoms with Crippen LogP contribution in [-0.2, 0) is 19.2 Å². The van der Waals surface area contributed by atoms with Crippen molar-refractivity contribution in [2.45, 2.75) is 25.3 Å². The van der Waals surface area contributed by atoms with Crippen LogP contribution < -0.4 is 5.32 Å². The Morgan fingerprint density at radius 1 is 1.07 bits per heavy atom. The van der Waals surface area contributed by atoms with Gasteiger partial charge >= 0.3 is 5.97 Å². The zero-order valence-electron chi connectivity index (χ0n) is 15.3. The van der Waals surface area contributed by atoms with Crippen LogP contribution >= 0.6 is 0 Å². The lowest BCUT2D eigenvalue weighted by Crippen LogP contribution is -2.37. The molecule has 2 fully saturated rings. The maximum atomic E-state index is 12.7. The van der Waals surface area contributed by atoms with Gasteiger partial charge in [0.25, 0.3) is 0 Å². The molecular formula is C21H22N2O5. The number of likely N-dealkylation sites (tertiary alicyclic amines) is 1. The van der Waals surface area contributed by atoms with Crippen molar-refractivity contribution in [2.24, 2.45) is 23.7 Å². The van der Waals surface area contributed by atoms with Crippen molar-refractivity contribution >= 4 is 23.7 Å². The summed E-state index contributed by atoms with van der Waals surface area (Å²) in [6, 6.07) is 8.22. The van der Waals surface area contributed by atoms with Crippen LogP contribution in [0.4, 0.5) is 0 Å². The number of hydrogen-bond acceptors (Lipinski definition) is 4. The number of nitrogens with one attached hydrogen (secondary N) is 1. The number of nitrogens with zero attached hydrogens (tertiary/aromatic N) is 1. The van der Waals surface area contributed by atoms with Crippen LogP contribution in [0.1, 0.15) is 30.9 Å². The summed E-state index contributed by atoms with van der Waals surface area (Å²) in [7, 11) is 0. The predicted octanol–water partition coefficient (Wildman–Crippen LogP) is 1.52. The smallest absolute Gasteiger partial charge is 0.305 e. The van der Waals surface area contributed by atoms with E-state index in [1.54, 1.807) is 24.3 Å². The second kappa shape index (κ2) is 7.22. The lowest BCUT2D eigenvalue weighted by Gasteiger charge is -2.20. The maximum Gasteiger partial charge on any atom is 0.305 e. The largest absolute Gasteiger partial charge is 0.481 e. The van der Waals surface area contributed by atoms with Gasteiger partial charge in [-0.15, -0.1) is 0 Å². The Morgan fingerprint density at radius 3 is 2.25 bits per heavy atom. The maximum absolute atomic E-state index is 12.7. The van der Waals surface area contributed by atoms with E-state index < -0.39 is 12.0 Å². The summed E-state index contributed by atoms with van der Waals surface area (Å²) < 4.78 is 0. The summed E-state index contributed by atoms with van der Waals surface area (Å²) in [4.78, 5) is 50.1. The van der Waals surface area contributed by atoms with Crippen molar-refractivity contribution in [3.8, 4) is 0 Å². The molecule has 3 amide bonds. The molecule has 1 aliphatic heterocycles. The van der Waals surface area contributed by atoms with E-state index in [0.717, 1.165) is 6.42 Å². The lowest BCUT2D eigenvalue weighted by molar-refractivity contribution is -0.141. The Bertz CT molecular complexity index is 820. The van der Waals surface area contributed by atoms with E-state index in [4.69, 9.17) is 5.11 Å². The van der Waals surface area contributed by atoms with E-state index in [-0.39, 0.29) is 60.8 Å². The molecule has 1 saturated carbocycles. The highest BCUT2D eigenvalue weighted by Crippen LogP contribution is 2.52. The molecule has 0 aromatic heterocycles. The van der Waals surface area contributed by atoms with Gasteiger partial charge in [0.05, 0.1) is 24.3 Å². The molecule has 2 aliphatic carbocycles. The van der Waals surface area contributed by atoms with Gasteiger partial charge in [-0.25, -0.2) is 0 Å². The van der Waals surface area contributed by atoms with E-state index in [1.807, 2.05) is 18.2 Å². The van der Waals surface area contributed by atoms with Crippen molar-refractivity contribution < 1.29 is 24.3 Å². The molecule has 5 atom stereocenters. The van der Waals surface area contributed by atoms with Crippen LogP contribution in [0, 0.1) is 23.7 Å². The van der Waals surface area contributed by atoms with Gasteiger partial charge < -0.3 is 10.4 Å². The summed E-state index contributed by atoms with van der Waals surface area (Å²) in [6.07, 6.45) is 4.65. The number of hydrogen-bond donors (Lipinski definition) is 2. The third-order valence-corrected chi connectivity index (χ3v) is 6.04. The highest BCUT2D eigenvalue weighted by molar-refractivity contribution is 6.06. The third-order valence-electron chi connectivity index (χ3n) is 6.04. The molecule has 5 unspecified atom stereocenters. The van der Waals surface area contributed by atoms with E-state index in [1.165, 1.54) is 4.90 Å². The lowest BCUT2D eigenvalue weighted by atomic mass is 9.85. The van der Waals surface area contributed by atoms with Gasteiger partial charge in [-0.2, -0.15) is 0 Å². The second-order valence-electron chi connectivity index (χ2n) is 7.71. The SMILES string of the molecule is O=C(O)CC(NC(=O)CCN1C(=O)C2C3C=CC(C3)C2C1=O)c1ccccc1. The van der Waals surface area contributed by atoms with Gasteiger partial charge in [-0.3, -0.25) is 24.1 Å². The molecule has 1 aromatic rings. The minimum atomic E-state index is -1.02. The van der Waals surface area contributed by atoms with Gasteiger partial charge in [0, 0.05) is 13.0 Å². The van der Waals surface area contributed by atoms with Crippen LogP contribution in [0.25, 0.3) is 0 Å². The molecule has 0 spiro atoms. The molecule has 0 radical (unpaired) electrons. The topological polar surface area (TPSA) is 104 Å². The van der Waals surface area contributed by atoms with Gasteiger partial charge in [0.2, 0.25) is 17.7 Å². The van der Waals surface area contributed by atoms with Gasteiger partial charge in [0.1, 0.15) is 0 Å². The van der Waals surface area contributed by atoms with Gasteiger partial charge in [-0.05, 0) is 23.8 Å². The number of carbonyl (C=O) groups excluding carboxylic acids is 3. The minimum Gasteiger partial charge on any atom is -0.481 e. The first-order valence-corrected chi connectivity index (χ1v) is 9.55. The minimum absolute atomic E-state index is 0.0323. The fourth-order valence-corrected chi connectivity index (χ4v) is 4.78. The summed E-state index contributed by atoms with van der Waals surface area (Å²) in [5, 5.41) is 11.8. The molecule has 7 nitrogen and oxygen atoms in total. The standard InChI is InChI=1S/C21H22N2O5/c24-16(22-15(11-17(25)26)12-4-2-1-3-5-12)8-9-23-20(27)18-13-6-7-14(10-13)19(18)21(23)28/h1-7,13-15,18-19H,8-11H2,(H,22,24)(H,25,26). The summed E-state index contributed by atoms with van der Waals surface area (Å²) in [5.74, 6) is -2.01. The van der Waals surface area contributed by atoms with Crippen molar-refractivity contribution in [1.82, 2.24) is 10.2 Å². The molecule has 1 heterocycles. The van der Waals surface area contributed by atoms with Crippen LogP contribution in [-0.4, -0.2) is 40.2 Å². The first kappa shape index (κ1) is 18.4. The van der Waals surface area contributed by atoms with E-state index in [9.17, 15) is 19.2 Å². The number of rotatable bonds is 7. The first-order valence-electron chi connectivity index (χ1n) is 9.55. The summed E-state index contributed by atoms with van der Waals surface area (Å²) in [5.41, 5.74) is 0.698. The first-order chi connectivity index (χ1) is 13.5. The zero-order chi connectivity index (χ0) is 19.8. The molecule has 1 saturated heterocycles. The van der Waals surface area contributed by atoms with Crippen molar-refractivity contribution in [3.63, 3.8) is 0 Å². The van der Waals surface area contributed by atoms with Crippen molar-refractivity contribution in [1.29, 1.82) is 0 Å². The molecule has 2 N–H and O–H groups in total. The Balaban J connectivity index is 1.37. The van der Waals surface area contributed by atoms with Crippen LogP contribution in [0.3, 0.4) is 0 Å². The molecule has 3 aliphatic rings. The number of aliphatic carboxylic acids is 1. The third kappa shape index (κ3) is 3.21. The second-order valence-corrected chi connectivity index (χ2v) is 7.71. The predicted molar refractivity (Wildman–Crippen MR) is 98.6 cm³/mol. The molecule has 146 valence electrons. The van der Waals surface area contributed by atoms with Gasteiger partial charge in [0.15, 0.2) is 0 Å². The molecule has 4 rings (SSSR count). The summed E-state index contributed by atoms with van der Waals surface area (Å²) in [6.45, 7) is 0.0323. The monoisotopic (exact) mass is 382 g/mol. The number of allylic oxidation sites excluding steroid dienone is 2. The molecule has 7 heteroatoms. The number of imide groups is 1. The fraction of sp³-hybridized carbons (Fsp3) is 0.429. The Kier molecular flexibility index (Phi) is 4.75. The molecule has 2 bridgehead atoms. The zero-order valence-corrected chi connectivity index (χ0v) is 15.3.